The first kappa shape index (κ1) is 14.4. The highest BCUT2D eigenvalue weighted by Gasteiger charge is 2.17. The fourth-order valence-electron chi connectivity index (χ4n) is 2.46. The van der Waals surface area contributed by atoms with Crippen molar-refractivity contribution >= 4 is 5.69 Å². The van der Waals surface area contributed by atoms with Crippen LogP contribution in [0.5, 0.6) is 0 Å². The van der Waals surface area contributed by atoms with Gasteiger partial charge in [-0.25, -0.2) is 0 Å². The van der Waals surface area contributed by atoms with Crippen molar-refractivity contribution in [3.8, 4) is 0 Å². The van der Waals surface area contributed by atoms with Gasteiger partial charge < -0.3 is 10.2 Å². The van der Waals surface area contributed by atoms with Crippen molar-refractivity contribution < 1.29 is 0 Å². The molecular weight excluding hydrogens is 234 g/mol. The van der Waals surface area contributed by atoms with Crippen LogP contribution in [0.1, 0.15) is 20.8 Å². The summed E-state index contributed by atoms with van der Waals surface area (Å²) in [5, 5.41) is 3.56. The monoisotopic (exact) mass is 261 g/mol. The Hall–Kier alpha value is -1.06. The fourth-order valence-corrected chi connectivity index (χ4v) is 2.46. The molecule has 1 fully saturated rings. The maximum absolute atomic E-state index is 3.56. The smallest absolute Gasteiger partial charge is 0.0367 e. The van der Waals surface area contributed by atoms with E-state index in [-0.39, 0.29) is 5.54 Å². The Morgan fingerprint density at radius 3 is 2.21 bits per heavy atom. The molecule has 1 aliphatic rings. The van der Waals surface area contributed by atoms with Gasteiger partial charge in [-0.05, 0) is 32.9 Å². The molecule has 1 saturated heterocycles. The average Bonchev–Trinajstić information content (AvgIpc) is 2.39. The second-order valence-electron chi connectivity index (χ2n) is 6.34. The van der Waals surface area contributed by atoms with Gasteiger partial charge in [0.1, 0.15) is 0 Å². The Morgan fingerprint density at radius 2 is 1.63 bits per heavy atom. The Labute approximate surface area is 117 Å². The molecule has 0 spiro atoms. The molecule has 1 aromatic carbocycles. The molecule has 0 unspecified atom stereocenters. The van der Waals surface area contributed by atoms with E-state index in [4.69, 9.17) is 0 Å². The van der Waals surface area contributed by atoms with Crippen LogP contribution in [0, 0.1) is 0 Å². The van der Waals surface area contributed by atoms with Crippen molar-refractivity contribution in [1.82, 2.24) is 10.2 Å². The zero-order chi connectivity index (χ0) is 13.7. The van der Waals surface area contributed by atoms with Crippen LogP contribution in [0.4, 0.5) is 5.69 Å². The number of hydrogen-bond acceptors (Lipinski definition) is 3. The molecule has 19 heavy (non-hydrogen) atoms. The lowest BCUT2D eigenvalue weighted by molar-refractivity contribution is 0.248. The third-order valence-corrected chi connectivity index (χ3v) is 3.58. The lowest BCUT2D eigenvalue weighted by atomic mass is 10.1. The molecular formula is C16H27N3. The van der Waals surface area contributed by atoms with E-state index in [2.05, 4.69) is 66.2 Å². The number of hydrogen-bond donors (Lipinski definition) is 1. The van der Waals surface area contributed by atoms with E-state index in [1.165, 1.54) is 18.8 Å². The van der Waals surface area contributed by atoms with Crippen molar-refractivity contribution in [2.24, 2.45) is 0 Å². The third-order valence-electron chi connectivity index (χ3n) is 3.58. The molecule has 0 radical (unpaired) electrons. The second kappa shape index (κ2) is 6.40. The van der Waals surface area contributed by atoms with Gasteiger partial charge in [-0.1, -0.05) is 18.2 Å². The van der Waals surface area contributed by atoms with Gasteiger partial charge in [0.05, 0.1) is 0 Å². The second-order valence-corrected chi connectivity index (χ2v) is 6.34. The predicted octanol–water partition coefficient (Wildman–Crippen LogP) is 2.20. The molecule has 1 aromatic rings. The number of para-hydroxylation sites is 1. The minimum atomic E-state index is 0.228. The largest absolute Gasteiger partial charge is 0.369 e. The van der Waals surface area contributed by atoms with Crippen molar-refractivity contribution in [3.63, 3.8) is 0 Å². The van der Waals surface area contributed by atoms with Crippen LogP contribution in [0.15, 0.2) is 30.3 Å². The molecule has 0 bridgehead atoms. The first-order valence-corrected chi connectivity index (χ1v) is 7.32. The Bertz CT molecular complexity index is 361. The van der Waals surface area contributed by atoms with Gasteiger partial charge in [-0.3, -0.25) is 4.90 Å². The first-order valence-electron chi connectivity index (χ1n) is 7.32. The highest BCUT2D eigenvalue weighted by atomic mass is 15.3. The number of rotatable bonds is 4. The Kier molecular flexibility index (Phi) is 4.83. The molecule has 1 N–H and O–H groups in total. The fraction of sp³-hybridized carbons (Fsp3) is 0.625. The summed E-state index contributed by atoms with van der Waals surface area (Å²) in [6.45, 7) is 13.5. The summed E-state index contributed by atoms with van der Waals surface area (Å²) in [5.41, 5.74) is 1.58. The normalized spacial score (nSPS) is 17.7. The van der Waals surface area contributed by atoms with Gasteiger partial charge in [0.15, 0.2) is 0 Å². The summed E-state index contributed by atoms with van der Waals surface area (Å²) in [5.74, 6) is 0. The molecule has 1 heterocycles. The van der Waals surface area contributed by atoms with E-state index < -0.39 is 0 Å². The number of benzene rings is 1. The summed E-state index contributed by atoms with van der Waals surface area (Å²) < 4.78 is 0. The van der Waals surface area contributed by atoms with Crippen molar-refractivity contribution in [1.29, 1.82) is 0 Å². The minimum absolute atomic E-state index is 0.228. The van der Waals surface area contributed by atoms with E-state index in [1.54, 1.807) is 0 Å². The summed E-state index contributed by atoms with van der Waals surface area (Å²) in [6, 6.07) is 10.7. The first-order chi connectivity index (χ1) is 9.04. The van der Waals surface area contributed by atoms with Gasteiger partial charge >= 0.3 is 0 Å². The molecule has 3 nitrogen and oxygen atoms in total. The zero-order valence-electron chi connectivity index (χ0n) is 12.5. The lowest BCUT2D eigenvalue weighted by Crippen LogP contribution is -2.49. The van der Waals surface area contributed by atoms with Gasteiger partial charge in [0.25, 0.3) is 0 Å². The lowest BCUT2D eigenvalue weighted by Gasteiger charge is -2.36. The van der Waals surface area contributed by atoms with E-state index in [0.717, 1.165) is 26.2 Å². The number of nitrogens with one attached hydrogen (secondary N) is 1. The summed E-state index contributed by atoms with van der Waals surface area (Å²) in [7, 11) is 0. The van der Waals surface area contributed by atoms with E-state index >= 15 is 0 Å². The third kappa shape index (κ3) is 4.84. The van der Waals surface area contributed by atoms with Crippen LogP contribution in [0.3, 0.4) is 0 Å². The molecule has 2 rings (SSSR count). The molecule has 0 saturated carbocycles. The van der Waals surface area contributed by atoms with E-state index in [1.807, 2.05) is 0 Å². The standard InChI is InChI=1S/C16H27N3/c1-16(2,3)17-9-10-18-11-13-19(14-12-18)15-7-5-4-6-8-15/h4-8,17H,9-14H2,1-3H3. The summed E-state index contributed by atoms with van der Waals surface area (Å²) in [6.07, 6.45) is 0. The molecule has 106 valence electrons. The molecule has 3 heteroatoms. The van der Waals surface area contributed by atoms with Gasteiger partial charge in [0.2, 0.25) is 0 Å². The number of nitrogens with zero attached hydrogens (tertiary/aromatic N) is 2. The summed E-state index contributed by atoms with van der Waals surface area (Å²) in [4.78, 5) is 5.03. The van der Waals surface area contributed by atoms with Crippen LogP contribution in [0.2, 0.25) is 0 Å². The van der Waals surface area contributed by atoms with E-state index in [0.29, 0.717) is 0 Å². The van der Waals surface area contributed by atoms with Gasteiger partial charge in [-0.2, -0.15) is 0 Å². The topological polar surface area (TPSA) is 18.5 Å². The Balaban J connectivity index is 1.71. The highest BCUT2D eigenvalue weighted by molar-refractivity contribution is 5.46. The van der Waals surface area contributed by atoms with Crippen molar-refractivity contribution in [2.75, 3.05) is 44.2 Å². The van der Waals surface area contributed by atoms with Crippen LogP contribution in [-0.4, -0.2) is 49.7 Å². The van der Waals surface area contributed by atoms with Gasteiger partial charge in [-0.15, -0.1) is 0 Å². The van der Waals surface area contributed by atoms with E-state index in [9.17, 15) is 0 Å². The molecule has 0 atom stereocenters. The van der Waals surface area contributed by atoms with Crippen LogP contribution in [0.25, 0.3) is 0 Å². The van der Waals surface area contributed by atoms with Gasteiger partial charge in [0, 0.05) is 50.5 Å². The summed E-state index contributed by atoms with van der Waals surface area (Å²) >= 11 is 0. The van der Waals surface area contributed by atoms with Crippen LogP contribution >= 0.6 is 0 Å². The maximum atomic E-state index is 3.56. The quantitative estimate of drug-likeness (QED) is 0.896. The van der Waals surface area contributed by atoms with Crippen LogP contribution in [-0.2, 0) is 0 Å². The maximum Gasteiger partial charge on any atom is 0.0367 e. The molecule has 0 aromatic heterocycles. The molecule has 1 aliphatic heterocycles. The molecule has 0 aliphatic carbocycles. The average molecular weight is 261 g/mol. The number of piperazine rings is 1. The Morgan fingerprint density at radius 1 is 1.00 bits per heavy atom. The highest BCUT2D eigenvalue weighted by Crippen LogP contribution is 2.15. The van der Waals surface area contributed by atoms with Crippen LogP contribution < -0.4 is 10.2 Å². The minimum Gasteiger partial charge on any atom is -0.369 e. The van der Waals surface area contributed by atoms with Crippen molar-refractivity contribution in [2.45, 2.75) is 26.3 Å². The van der Waals surface area contributed by atoms with Crippen molar-refractivity contribution in [3.05, 3.63) is 30.3 Å². The SMILES string of the molecule is CC(C)(C)NCCN1CCN(c2ccccc2)CC1. The molecule has 0 amide bonds. The predicted molar refractivity (Wildman–Crippen MR) is 82.9 cm³/mol. The zero-order valence-corrected chi connectivity index (χ0v) is 12.5. The number of anilines is 1.